The molecule has 0 radical (unpaired) electrons. The highest BCUT2D eigenvalue weighted by Crippen LogP contribution is 2.22. The number of aryl methyl sites for hydroxylation is 1. The summed E-state index contributed by atoms with van der Waals surface area (Å²) < 4.78 is 10.5. The number of nitrogens with one attached hydrogen (secondary N) is 2. The fourth-order valence-electron chi connectivity index (χ4n) is 2.68. The molecule has 8 nitrogen and oxygen atoms in total. The summed E-state index contributed by atoms with van der Waals surface area (Å²) in [5.41, 5.74) is 1.92. The molecule has 140 valence electrons. The van der Waals surface area contributed by atoms with E-state index in [-0.39, 0.29) is 12.5 Å². The van der Waals surface area contributed by atoms with Crippen molar-refractivity contribution in [3.8, 4) is 17.1 Å². The van der Waals surface area contributed by atoms with Gasteiger partial charge in [-0.05, 0) is 30.3 Å². The van der Waals surface area contributed by atoms with E-state index in [2.05, 4.69) is 25.4 Å². The van der Waals surface area contributed by atoms with Crippen LogP contribution in [-0.2, 0) is 6.61 Å². The van der Waals surface area contributed by atoms with Crippen molar-refractivity contribution in [2.45, 2.75) is 13.5 Å². The summed E-state index contributed by atoms with van der Waals surface area (Å²) in [6.07, 6.45) is 3.37. The van der Waals surface area contributed by atoms with E-state index in [1.165, 1.54) is 0 Å². The first-order chi connectivity index (χ1) is 13.7. The van der Waals surface area contributed by atoms with Crippen LogP contribution in [0.3, 0.4) is 0 Å². The van der Waals surface area contributed by atoms with Gasteiger partial charge in [0.1, 0.15) is 11.6 Å². The predicted octanol–water partition coefficient (Wildman–Crippen LogP) is 3.60. The van der Waals surface area contributed by atoms with Crippen LogP contribution in [0.4, 0.5) is 5.69 Å². The minimum absolute atomic E-state index is 0.208. The van der Waals surface area contributed by atoms with Crippen LogP contribution in [0, 0.1) is 6.92 Å². The summed E-state index contributed by atoms with van der Waals surface area (Å²) in [4.78, 5) is 24.0. The lowest BCUT2D eigenvalue weighted by atomic mass is 10.1. The maximum atomic E-state index is 12.7. The smallest absolute Gasteiger partial charge is 0.256 e. The third-order valence-electron chi connectivity index (χ3n) is 3.97. The van der Waals surface area contributed by atoms with E-state index >= 15 is 0 Å². The molecule has 0 unspecified atom stereocenters. The van der Waals surface area contributed by atoms with Crippen LogP contribution < -0.4 is 10.1 Å². The van der Waals surface area contributed by atoms with Gasteiger partial charge in [0.05, 0.1) is 5.56 Å². The van der Waals surface area contributed by atoms with Gasteiger partial charge >= 0.3 is 0 Å². The normalized spacial score (nSPS) is 10.6. The van der Waals surface area contributed by atoms with Crippen LogP contribution in [-0.4, -0.2) is 26.0 Å². The van der Waals surface area contributed by atoms with E-state index in [1.54, 1.807) is 49.6 Å². The van der Waals surface area contributed by atoms with Gasteiger partial charge in [0.15, 0.2) is 6.61 Å². The second kappa shape index (κ2) is 7.75. The zero-order chi connectivity index (χ0) is 19.3. The van der Waals surface area contributed by atoms with Crippen molar-refractivity contribution in [1.82, 2.24) is 20.1 Å². The van der Waals surface area contributed by atoms with Crippen molar-refractivity contribution < 1.29 is 14.1 Å². The first-order valence-electron chi connectivity index (χ1n) is 8.61. The minimum Gasteiger partial charge on any atom is -0.485 e. The summed E-state index contributed by atoms with van der Waals surface area (Å²) in [7, 11) is 0. The Morgan fingerprint density at radius 3 is 2.71 bits per heavy atom. The Morgan fingerprint density at radius 2 is 2.00 bits per heavy atom. The molecule has 0 aliphatic heterocycles. The van der Waals surface area contributed by atoms with Crippen molar-refractivity contribution in [3.63, 3.8) is 0 Å². The molecule has 28 heavy (non-hydrogen) atoms. The molecule has 4 aromatic rings. The van der Waals surface area contributed by atoms with Gasteiger partial charge in [0.25, 0.3) is 5.91 Å². The number of anilines is 1. The van der Waals surface area contributed by atoms with Crippen molar-refractivity contribution >= 4 is 11.6 Å². The highest BCUT2D eigenvalue weighted by atomic mass is 16.5. The molecule has 2 aromatic heterocycles. The van der Waals surface area contributed by atoms with E-state index in [9.17, 15) is 4.79 Å². The van der Waals surface area contributed by atoms with Gasteiger partial charge in [-0.15, -0.1) is 0 Å². The average molecular weight is 375 g/mol. The van der Waals surface area contributed by atoms with Gasteiger partial charge in [-0.3, -0.25) is 4.79 Å². The molecular formula is C20H17N5O3. The number of hydrogen-bond donors (Lipinski definition) is 2. The van der Waals surface area contributed by atoms with Crippen LogP contribution >= 0.6 is 0 Å². The largest absolute Gasteiger partial charge is 0.485 e. The lowest BCUT2D eigenvalue weighted by Gasteiger charge is -2.10. The maximum Gasteiger partial charge on any atom is 0.256 e. The molecule has 0 bridgehead atoms. The van der Waals surface area contributed by atoms with Crippen LogP contribution in [0.15, 0.2) is 65.4 Å². The lowest BCUT2D eigenvalue weighted by molar-refractivity contribution is 0.102. The molecule has 2 heterocycles. The quantitative estimate of drug-likeness (QED) is 0.533. The van der Waals surface area contributed by atoms with E-state index in [4.69, 9.17) is 9.26 Å². The molecule has 0 aliphatic rings. The molecule has 8 heteroatoms. The van der Waals surface area contributed by atoms with Gasteiger partial charge in [0.2, 0.25) is 11.7 Å². The number of carbonyl (C=O) groups is 1. The van der Waals surface area contributed by atoms with Crippen molar-refractivity contribution in [2.75, 3.05) is 5.32 Å². The highest BCUT2D eigenvalue weighted by Gasteiger charge is 2.14. The van der Waals surface area contributed by atoms with Crippen molar-refractivity contribution in [3.05, 3.63) is 78.2 Å². The Kier molecular flexibility index (Phi) is 4.83. The number of benzene rings is 2. The predicted molar refractivity (Wildman–Crippen MR) is 102 cm³/mol. The number of amides is 1. The summed E-state index contributed by atoms with van der Waals surface area (Å²) in [6, 6.07) is 14.4. The van der Waals surface area contributed by atoms with Gasteiger partial charge in [0, 0.05) is 30.6 Å². The summed E-state index contributed by atoms with van der Waals surface area (Å²) in [5, 5.41) is 6.66. The van der Waals surface area contributed by atoms with Crippen LogP contribution in [0.2, 0.25) is 0 Å². The molecule has 4 rings (SSSR count). The third-order valence-corrected chi connectivity index (χ3v) is 3.97. The maximum absolute atomic E-state index is 12.7. The minimum atomic E-state index is -0.219. The molecule has 2 aromatic carbocycles. The molecular weight excluding hydrogens is 358 g/mol. The van der Waals surface area contributed by atoms with Gasteiger partial charge < -0.3 is 19.6 Å². The third kappa shape index (κ3) is 3.90. The average Bonchev–Trinajstić information content (AvgIpc) is 3.39. The van der Waals surface area contributed by atoms with E-state index in [0.29, 0.717) is 34.5 Å². The molecule has 1 amide bonds. The molecule has 0 saturated heterocycles. The molecule has 0 saturated carbocycles. The summed E-state index contributed by atoms with van der Waals surface area (Å²) >= 11 is 0. The first-order valence-corrected chi connectivity index (χ1v) is 8.61. The topological polar surface area (TPSA) is 106 Å². The monoisotopic (exact) mass is 375 g/mol. The van der Waals surface area contributed by atoms with E-state index in [1.807, 2.05) is 18.2 Å². The Bertz CT molecular complexity index is 1070. The van der Waals surface area contributed by atoms with Crippen LogP contribution in [0.25, 0.3) is 11.4 Å². The number of imidazole rings is 1. The van der Waals surface area contributed by atoms with Gasteiger partial charge in [-0.1, -0.05) is 23.4 Å². The summed E-state index contributed by atoms with van der Waals surface area (Å²) in [5.74, 6) is 2.03. The fourth-order valence-corrected chi connectivity index (χ4v) is 2.68. The number of aromatic nitrogens is 4. The number of hydrogen-bond acceptors (Lipinski definition) is 6. The number of rotatable bonds is 6. The molecule has 0 spiro atoms. The number of aromatic amines is 1. The standard InChI is InChI=1S/C20H17N5O3/c1-13-23-18(25-28-13)12-27-15-8-6-14(7-9-15)24-20(26)17-5-3-2-4-16(17)19-21-10-11-22-19/h2-11H,12H2,1H3,(H,21,22)(H,24,26). The van der Waals surface area contributed by atoms with E-state index < -0.39 is 0 Å². The Hall–Kier alpha value is -3.94. The zero-order valence-corrected chi connectivity index (χ0v) is 15.0. The van der Waals surface area contributed by atoms with Crippen LogP contribution in [0.1, 0.15) is 22.1 Å². The zero-order valence-electron chi connectivity index (χ0n) is 15.0. The second-order valence-corrected chi connectivity index (χ2v) is 5.98. The second-order valence-electron chi connectivity index (χ2n) is 5.98. The highest BCUT2D eigenvalue weighted by molar-refractivity contribution is 6.08. The Balaban J connectivity index is 1.43. The molecule has 0 fully saturated rings. The first kappa shape index (κ1) is 17.5. The van der Waals surface area contributed by atoms with Gasteiger partial charge in [-0.2, -0.15) is 4.98 Å². The lowest BCUT2D eigenvalue weighted by Crippen LogP contribution is -2.13. The number of H-pyrrole nitrogens is 1. The molecule has 0 atom stereocenters. The van der Waals surface area contributed by atoms with E-state index in [0.717, 1.165) is 5.56 Å². The number of nitrogens with zero attached hydrogens (tertiary/aromatic N) is 3. The fraction of sp³-hybridized carbons (Fsp3) is 0.100. The van der Waals surface area contributed by atoms with Gasteiger partial charge in [-0.25, -0.2) is 4.98 Å². The number of carbonyl (C=O) groups excluding carboxylic acids is 1. The summed E-state index contributed by atoms with van der Waals surface area (Å²) in [6.45, 7) is 1.93. The molecule has 2 N–H and O–H groups in total. The number of ether oxygens (including phenoxy) is 1. The van der Waals surface area contributed by atoms with Crippen molar-refractivity contribution in [2.24, 2.45) is 0 Å². The Morgan fingerprint density at radius 1 is 1.18 bits per heavy atom. The van der Waals surface area contributed by atoms with Crippen molar-refractivity contribution in [1.29, 1.82) is 0 Å². The SMILES string of the molecule is Cc1nc(COc2ccc(NC(=O)c3ccccc3-c3ncc[nH]3)cc2)no1. The Labute approximate surface area is 160 Å². The van der Waals surface area contributed by atoms with Crippen LogP contribution in [0.5, 0.6) is 5.75 Å². The molecule has 0 aliphatic carbocycles.